The van der Waals surface area contributed by atoms with E-state index in [-0.39, 0.29) is 0 Å². The van der Waals surface area contributed by atoms with Crippen molar-refractivity contribution >= 4 is 33.6 Å². The number of hydrogen-bond acceptors (Lipinski definition) is 5. The third kappa shape index (κ3) is 4.06. The highest BCUT2D eigenvalue weighted by molar-refractivity contribution is 7.19. The molecule has 5 heteroatoms. The molecule has 0 unspecified atom stereocenters. The van der Waals surface area contributed by atoms with Gasteiger partial charge < -0.3 is 0 Å². The van der Waals surface area contributed by atoms with E-state index in [9.17, 15) is 0 Å². The molecule has 1 aliphatic carbocycles. The molecule has 4 nitrogen and oxygen atoms in total. The number of nitrogens with zero attached hydrogens (tertiary/aromatic N) is 3. The zero-order chi connectivity index (χ0) is 20.4. The Kier molecular flexibility index (Phi) is 5.68. The number of aryl methyl sites for hydroxylation is 2. The van der Waals surface area contributed by atoms with Gasteiger partial charge in [-0.2, -0.15) is 5.10 Å². The van der Waals surface area contributed by atoms with Crippen LogP contribution in [0.2, 0.25) is 0 Å². The van der Waals surface area contributed by atoms with Crippen molar-refractivity contribution in [2.75, 3.05) is 5.43 Å². The average molecular weight is 407 g/mol. The third-order valence-corrected chi connectivity index (χ3v) is 7.83. The molecule has 0 radical (unpaired) electrons. The van der Waals surface area contributed by atoms with Crippen LogP contribution in [0.4, 0.5) is 5.82 Å². The minimum atomic E-state index is 0.359. The Morgan fingerprint density at radius 3 is 2.72 bits per heavy atom. The molecule has 0 aliphatic heterocycles. The van der Waals surface area contributed by atoms with Gasteiger partial charge in [-0.15, -0.1) is 11.3 Å². The van der Waals surface area contributed by atoms with E-state index in [0.717, 1.165) is 35.5 Å². The minimum absolute atomic E-state index is 0.359. The molecule has 4 rings (SSSR count). The van der Waals surface area contributed by atoms with Crippen LogP contribution >= 0.6 is 11.3 Å². The number of benzene rings is 1. The summed E-state index contributed by atoms with van der Waals surface area (Å²) in [7, 11) is 0. The van der Waals surface area contributed by atoms with E-state index >= 15 is 0 Å². The molecule has 1 N–H and O–H groups in total. The number of nitrogens with one attached hydrogen (secondary N) is 1. The van der Waals surface area contributed by atoms with Crippen molar-refractivity contribution in [1.29, 1.82) is 0 Å². The minimum Gasteiger partial charge on any atom is -0.261 e. The summed E-state index contributed by atoms with van der Waals surface area (Å²) in [6, 6.07) is 8.50. The predicted molar refractivity (Wildman–Crippen MR) is 124 cm³/mol. The Bertz CT molecular complexity index is 1020. The van der Waals surface area contributed by atoms with Crippen molar-refractivity contribution in [2.45, 2.75) is 59.8 Å². The fourth-order valence-corrected chi connectivity index (χ4v) is 5.34. The smallest absolute Gasteiger partial charge is 0.158 e. The second-order valence-electron chi connectivity index (χ2n) is 8.65. The molecule has 29 heavy (non-hydrogen) atoms. The van der Waals surface area contributed by atoms with Gasteiger partial charge in [0.25, 0.3) is 0 Å². The molecule has 2 heterocycles. The van der Waals surface area contributed by atoms with Crippen LogP contribution in [0.25, 0.3) is 10.2 Å². The number of hydrogen-bond donors (Lipinski definition) is 1. The molecule has 0 amide bonds. The first-order chi connectivity index (χ1) is 14.0. The van der Waals surface area contributed by atoms with Crippen molar-refractivity contribution in [3.05, 3.63) is 52.2 Å². The molecule has 0 saturated heterocycles. The Balaban J connectivity index is 1.60. The molecule has 0 fully saturated rings. The summed E-state index contributed by atoms with van der Waals surface area (Å²) in [5.74, 6) is 1.52. The first kappa shape index (κ1) is 20.0. The summed E-state index contributed by atoms with van der Waals surface area (Å²) in [4.78, 5) is 11.6. The maximum absolute atomic E-state index is 4.56. The summed E-state index contributed by atoms with van der Waals surface area (Å²) in [6.07, 6.45) is 9.28. The molecule has 2 aromatic heterocycles. The normalized spacial score (nSPS) is 17.0. The van der Waals surface area contributed by atoms with Crippen LogP contribution in [0.1, 0.15) is 62.1 Å². The average Bonchev–Trinajstić information content (AvgIpc) is 3.13. The van der Waals surface area contributed by atoms with Crippen LogP contribution in [-0.4, -0.2) is 16.2 Å². The van der Waals surface area contributed by atoms with Gasteiger partial charge in [-0.1, -0.05) is 58.4 Å². The third-order valence-electron chi connectivity index (χ3n) is 6.63. The summed E-state index contributed by atoms with van der Waals surface area (Å²) in [6.45, 7) is 9.28. The lowest BCUT2D eigenvalue weighted by molar-refractivity contribution is 0.184. The molecular weight excluding hydrogens is 376 g/mol. The topological polar surface area (TPSA) is 50.2 Å². The number of rotatable bonds is 6. The summed E-state index contributed by atoms with van der Waals surface area (Å²) >= 11 is 1.83. The van der Waals surface area contributed by atoms with Crippen LogP contribution in [0.5, 0.6) is 0 Å². The number of thiophene rings is 1. The maximum Gasteiger partial charge on any atom is 0.158 e. The highest BCUT2D eigenvalue weighted by atomic mass is 32.1. The number of aromatic nitrogens is 2. The van der Waals surface area contributed by atoms with Crippen LogP contribution < -0.4 is 5.43 Å². The van der Waals surface area contributed by atoms with Gasteiger partial charge in [0, 0.05) is 4.88 Å². The Morgan fingerprint density at radius 1 is 1.21 bits per heavy atom. The second kappa shape index (κ2) is 8.23. The summed E-state index contributed by atoms with van der Waals surface area (Å²) in [5, 5.41) is 5.64. The molecule has 1 atom stereocenters. The van der Waals surface area contributed by atoms with Crippen LogP contribution in [0.15, 0.2) is 35.7 Å². The van der Waals surface area contributed by atoms with E-state index in [2.05, 4.69) is 72.5 Å². The first-order valence-electron chi connectivity index (χ1n) is 10.6. The van der Waals surface area contributed by atoms with Crippen molar-refractivity contribution < 1.29 is 0 Å². The van der Waals surface area contributed by atoms with Gasteiger partial charge in [-0.3, -0.25) is 5.43 Å². The monoisotopic (exact) mass is 406 g/mol. The zero-order valence-electron chi connectivity index (χ0n) is 17.8. The number of anilines is 1. The fourth-order valence-electron chi connectivity index (χ4n) is 4.16. The molecule has 1 aliphatic rings. The largest absolute Gasteiger partial charge is 0.261 e. The van der Waals surface area contributed by atoms with Gasteiger partial charge in [-0.05, 0) is 53.7 Å². The van der Waals surface area contributed by atoms with Crippen LogP contribution in [0, 0.1) is 11.3 Å². The zero-order valence-corrected chi connectivity index (χ0v) is 18.6. The Labute approximate surface area is 177 Å². The molecule has 0 spiro atoms. The fraction of sp³-hybridized carbons (Fsp3) is 0.458. The van der Waals surface area contributed by atoms with E-state index in [1.54, 1.807) is 6.33 Å². The highest BCUT2D eigenvalue weighted by Crippen LogP contribution is 2.45. The lowest BCUT2D eigenvalue weighted by Gasteiger charge is -2.36. The van der Waals surface area contributed by atoms with E-state index in [1.165, 1.54) is 34.2 Å². The van der Waals surface area contributed by atoms with Gasteiger partial charge in [0.05, 0.1) is 11.6 Å². The number of hydrazone groups is 1. The molecule has 0 bridgehead atoms. The quantitative estimate of drug-likeness (QED) is 0.389. The van der Waals surface area contributed by atoms with Gasteiger partial charge in [0.2, 0.25) is 0 Å². The second-order valence-corrected chi connectivity index (χ2v) is 9.74. The van der Waals surface area contributed by atoms with E-state index in [1.807, 2.05) is 17.6 Å². The Hall–Kier alpha value is -2.27. The van der Waals surface area contributed by atoms with Gasteiger partial charge >= 0.3 is 0 Å². The standard InChI is InChI=1S/C24H30N4S/c1-5-16-7-9-17(10-8-16)14-27-28-22-21-19-13-18(24(3,4)6-2)11-12-20(19)29-23(21)26-15-25-22/h7-10,14-15,18H,5-6,11-13H2,1-4H3,(H,25,26,28)/b27-14-/t18-/m0/s1. The van der Waals surface area contributed by atoms with Crippen molar-refractivity contribution in [2.24, 2.45) is 16.4 Å². The SMILES string of the molecule is CCc1ccc(/C=N\Nc2ncnc3sc4c(c23)C[C@@H](C(C)(C)CC)CC4)cc1. The summed E-state index contributed by atoms with van der Waals surface area (Å²) in [5.41, 5.74) is 7.41. The molecule has 0 saturated carbocycles. The van der Waals surface area contributed by atoms with E-state index in [0.29, 0.717) is 11.3 Å². The molecular formula is C24H30N4S. The van der Waals surface area contributed by atoms with E-state index < -0.39 is 0 Å². The lowest BCUT2D eigenvalue weighted by Crippen LogP contribution is -2.28. The maximum atomic E-state index is 4.56. The van der Waals surface area contributed by atoms with E-state index in [4.69, 9.17) is 0 Å². The Morgan fingerprint density at radius 2 is 2.00 bits per heavy atom. The van der Waals surface area contributed by atoms with Crippen molar-refractivity contribution in [3.8, 4) is 0 Å². The van der Waals surface area contributed by atoms with Gasteiger partial charge in [-0.25, -0.2) is 9.97 Å². The van der Waals surface area contributed by atoms with Crippen molar-refractivity contribution in [3.63, 3.8) is 0 Å². The molecule has 1 aromatic carbocycles. The molecule has 3 aromatic rings. The molecule has 152 valence electrons. The first-order valence-corrected chi connectivity index (χ1v) is 11.5. The van der Waals surface area contributed by atoms with Crippen molar-refractivity contribution in [1.82, 2.24) is 9.97 Å². The van der Waals surface area contributed by atoms with Gasteiger partial charge in [0.1, 0.15) is 11.2 Å². The number of fused-ring (bicyclic) bond motifs is 3. The lowest BCUT2D eigenvalue weighted by atomic mass is 9.69. The van der Waals surface area contributed by atoms with Gasteiger partial charge in [0.15, 0.2) is 5.82 Å². The summed E-state index contributed by atoms with van der Waals surface area (Å²) < 4.78 is 0. The van der Waals surface area contributed by atoms with Crippen LogP contribution in [-0.2, 0) is 19.3 Å². The highest BCUT2D eigenvalue weighted by Gasteiger charge is 2.33. The predicted octanol–water partition coefficient (Wildman–Crippen LogP) is 6.24. The van der Waals surface area contributed by atoms with Crippen LogP contribution in [0.3, 0.4) is 0 Å².